The molecule has 4 aromatic rings. The highest BCUT2D eigenvalue weighted by atomic mass is 32.2. The first-order valence-electron chi connectivity index (χ1n) is 10.2. The lowest BCUT2D eigenvalue weighted by Gasteiger charge is -2.31. The highest BCUT2D eigenvalue weighted by Crippen LogP contribution is 2.32. The van der Waals surface area contributed by atoms with Crippen LogP contribution in [0.4, 0.5) is 0 Å². The first-order valence-corrected chi connectivity index (χ1v) is 12.6. The quantitative estimate of drug-likeness (QED) is 0.491. The third kappa shape index (κ3) is 3.64. The average Bonchev–Trinajstić information content (AvgIpc) is 3.43. The van der Waals surface area contributed by atoms with Gasteiger partial charge in [-0.05, 0) is 36.6 Å². The molecule has 6 nitrogen and oxygen atoms in total. The fourth-order valence-electron chi connectivity index (χ4n) is 4.19. The number of fused-ring (bicyclic) bond motifs is 3. The summed E-state index contributed by atoms with van der Waals surface area (Å²) in [6, 6.07) is 15.1. The summed E-state index contributed by atoms with van der Waals surface area (Å²) >= 11 is 1.20. The lowest BCUT2D eigenvalue weighted by atomic mass is 10.0. The third-order valence-corrected chi connectivity index (χ3v) is 8.80. The Morgan fingerprint density at radius 2 is 1.84 bits per heavy atom. The van der Waals surface area contributed by atoms with Crippen LogP contribution < -0.4 is 4.72 Å². The van der Waals surface area contributed by atoms with Gasteiger partial charge < -0.3 is 9.32 Å². The number of thiophene rings is 1. The van der Waals surface area contributed by atoms with Gasteiger partial charge >= 0.3 is 0 Å². The molecule has 1 amide bonds. The van der Waals surface area contributed by atoms with E-state index >= 15 is 0 Å². The molecule has 1 aliphatic rings. The third-order valence-electron chi connectivity index (χ3n) is 5.89. The average molecular weight is 455 g/mol. The molecule has 3 heterocycles. The fourth-order valence-corrected chi connectivity index (χ4v) is 6.51. The Balaban J connectivity index is 1.33. The van der Waals surface area contributed by atoms with Gasteiger partial charge in [0, 0.05) is 35.5 Å². The topological polar surface area (TPSA) is 79.6 Å². The largest absolute Gasteiger partial charge is 0.450 e. The number of sulfonamides is 1. The normalized spacial score (nSPS) is 15.7. The van der Waals surface area contributed by atoms with Gasteiger partial charge in [-0.3, -0.25) is 4.79 Å². The van der Waals surface area contributed by atoms with Crippen LogP contribution in [-0.2, 0) is 10.0 Å². The fraction of sp³-hybridized carbons (Fsp3) is 0.261. The first-order chi connectivity index (χ1) is 14.9. The summed E-state index contributed by atoms with van der Waals surface area (Å²) in [5.74, 6) is 0.223. The molecule has 1 fully saturated rings. The van der Waals surface area contributed by atoms with Crippen LogP contribution in [0, 0.1) is 6.92 Å². The molecule has 1 aliphatic heterocycles. The van der Waals surface area contributed by atoms with Crippen molar-refractivity contribution in [3.8, 4) is 0 Å². The van der Waals surface area contributed by atoms with Gasteiger partial charge in [0.1, 0.15) is 9.79 Å². The van der Waals surface area contributed by atoms with Gasteiger partial charge in [-0.15, -0.1) is 11.3 Å². The summed E-state index contributed by atoms with van der Waals surface area (Å²) < 4.78 is 34.1. The number of hydrogen-bond acceptors (Lipinski definition) is 5. The predicted octanol–water partition coefficient (Wildman–Crippen LogP) is 4.54. The standard InChI is InChI=1S/C23H22N2O4S2/c1-15-18-9-8-16-5-2-3-6-19(16)22(18)29-21(15)23(26)25-12-10-17(11-13-25)24-31(27,28)20-7-4-14-30-20/h2-9,14,17,24H,10-13H2,1H3. The lowest BCUT2D eigenvalue weighted by molar-refractivity contribution is 0.0680. The Morgan fingerprint density at radius 3 is 2.58 bits per heavy atom. The van der Waals surface area contributed by atoms with Crippen LogP contribution in [0.5, 0.6) is 0 Å². The summed E-state index contributed by atoms with van der Waals surface area (Å²) in [4.78, 5) is 15.0. The van der Waals surface area contributed by atoms with E-state index in [1.165, 1.54) is 11.3 Å². The predicted molar refractivity (Wildman–Crippen MR) is 122 cm³/mol. The Hall–Kier alpha value is -2.68. The number of carbonyl (C=O) groups is 1. The van der Waals surface area contributed by atoms with E-state index in [4.69, 9.17) is 4.42 Å². The maximum Gasteiger partial charge on any atom is 0.289 e. The Morgan fingerprint density at radius 1 is 1.06 bits per heavy atom. The second kappa shape index (κ2) is 7.78. The molecule has 8 heteroatoms. The molecule has 31 heavy (non-hydrogen) atoms. The number of nitrogens with one attached hydrogen (secondary N) is 1. The maximum absolute atomic E-state index is 13.2. The molecule has 0 bridgehead atoms. The molecule has 0 atom stereocenters. The van der Waals surface area contributed by atoms with Crippen LogP contribution in [0.15, 0.2) is 62.5 Å². The summed E-state index contributed by atoms with van der Waals surface area (Å²) in [5.41, 5.74) is 1.57. The number of hydrogen-bond donors (Lipinski definition) is 1. The Labute approximate surface area is 184 Å². The second-order valence-electron chi connectivity index (χ2n) is 7.84. The second-order valence-corrected chi connectivity index (χ2v) is 10.7. The molecule has 0 unspecified atom stereocenters. The van der Waals surface area contributed by atoms with E-state index in [2.05, 4.69) is 4.72 Å². The Kier molecular flexibility index (Phi) is 5.08. The number of aryl methyl sites for hydroxylation is 1. The van der Waals surface area contributed by atoms with E-state index in [9.17, 15) is 13.2 Å². The van der Waals surface area contributed by atoms with Gasteiger partial charge in [-0.25, -0.2) is 13.1 Å². The van der Waals surface area contributed by atoms with E-state index in [0.29, 0.717) is 35.9 Å². The van der Waals surface area contributed by atoms with E-state index in [-0.39, 0.29) is 11.9 Å². The minimum absolute atomic E-state index is 0.141. The zero-order chi connectivity index (χ0) is 21.6. The van der Waals surface area contributed by atoms with Crippen LogP contribution in [0.25, 0.3) is 21.7 Å². The molecule has 0 spiro atoms. The van der Waals surface area contributed by atoms with Gasteiger partial charge in [0.25, 0.3) is 5.91 Å². The summed E-state index contributed by atoms with van der Waals surface area (Å²) in [7, 11) is -3.50. The molecular formula is C23H22N2O4S2. The molecule has 1 saturated heterocycles. The number of carbonyl (C=O) groups excluding carboxylic acids is 1. The molecule has 2 aromatic heterocycles. The molecule has 0 aliphatic carbocycles. The van der Waals surface area contributed by atoms with Crippen molar-refractivity contribution in [2.45, 2.75) is 30.0 Å². The van der Waals surface area contributed by atoms with E-state index in [1.54, 1.807) is 22.4 Å². The van der Waals surface area contributed by atoms with E-state index in [1.807, 2.05) is 43.3 Å². The van der Waals surface area contributed by atoms with Crippen molar-refractivity contribution in [3.05, 3.63) is 65.2 Å². The van der Waals surface area contributed by atoms with Crippen LogP contribution in [0.3, 0.4) is 0 Å². The molecule has 5 rings (SSSR count). The van der Waals surface area contributed by atoms with Crippen molar-refractivity contribution in [3.63, 3.8) is 0 Å². The van der Waals surface area contributed by atoms with Crippen molar-refractivity contribution in [1.29, 1.82) is 0 Å². The molecule has 0 radical (unpaired) electrons. The minimum atomic E-state index is -3.50. The van der Waals surface area contributed by atoms with Gasteiger partial charge in [-0.2, -0.15) is 0 Å². The van der Waals surface area contributed by atoms with E-state index < -0.39 is 10.0 Å². The SMILES string of the molecule is Cc1c(C(=O)N2CCC(NS(=O)(=O)c3cccs3)CC2)oc2c1ccc1ccccc12. The van der Waals surface area contributed by atoms with E-state index in [0.717, 1.165) is 27.3 Å². The monoisotopic (exact) mass is 454 g/mol. The van der Waals surface area contributed by atoms with Gasteiger partial charge in [0.05, 0.1) is 0 Å². The highest BCUT2D eigenvalue weighted by Gasteiger charge is 2.30. The Bertz CT molecular complexity index is 1370. The zero-order valence-corrected chi connectivity index (χ0v) is 18.6. The number of nitrogens with zero attached hydrogens (tertiary/aromatic N) is 1. The molecule has 1 N–H and O–H groups in total. The van der Waals surface area contributed by atoms with Gasteiger partial charge in [0.2, 0.25) is 10.0 Å². The smallest absolute Gasteiger partial charge is 0.289 e. The van der Waals surface area contributed by atoms with Crippen LogP contribution in [0.2, 0.25) is 0 Å². The molecule has 160 valence electrons. The first kappa shape index (κ1) is 20.2. The van der Waals surface area contributed by atoms with Crippen LogP contribution >= 0.6 is 11.3 Å². The van der Waals surface area contributed by atoms with Crippen molar-refractivity contribution in [2.75, 3.05) is 13.1 Å². The van der Waals surface area contributed by atoms with Crippen molar-refractivity contribution in [2.24, 2.45) is 0 Å². The molecule has 2 aromatic carbocycles. The summed E-state index contributed by atoms with van der Waals surface area (Å²) in [5, 5.41) is 4.75. The number of piperidine rings is 1. The number of furan rings is 1. The van der Waals surface area contributed by atoms with Crippen molar-refractivity contribution < 1.29 is 17.6 Å². The van der Waals surface area contributed by atoms with Crippen LogP contribution in [0.1, 0.15) is 29.0 Å². The summed E-state index contributed by atoms with van der Waals surface area (Å²) in [6.07, 6.45) is 1.14. The number of amides is 1. The zero-order valence-electron chi connectivity index (χ0n) is 17.0. The van der Waals surface area contributed by atoms with Crippen LogP contribution in [-0.4, -0.2) is 38.4 Å². The van der Waals surface area contributed by atoms with Gasteiger partial charge in [-0.1, -0.05) is 42.5 Å². The number of rotatable bonds is 4. The summed E-state index contributed by atoms with van der Waals surface area (Å²) in [6.45, 7) is 2.87. The lowest BCUT2D eigenvalue weighted by Crippen LogP contribution is -2.46. The highest BCUT2D eigenvalue weighted by molar-refractivity contribution is 7.91. The van der Waals surface area contributed by atoms with Crippen molar-refractivity contribution >= 4 is 49.0 Å². The molecular weight excluding hydrogens is 432 g/mol. The maximum atomic E-state index is 13.2. The minimum Gasteiger partial charge on any atom is -0.450 e. The van der Waals surface area contributed by atoms with Crippen molar-refractivity contribution in [1.82, 2.24) is 9.62 Å². The number of benzene rings is 2. The molecule has 0 saturated carbocycles. The number of likely N-dealkylation sites (tertiary alicyclic amines) is 1. The van der Waals surface area contributed by atoms with Gasteiger partial charge in [0.15, 0.2) is 5.76 Å².